The summed E-state index contributed by atoms with van der Waals surface area (Å²) in [6.07, 6.45) is 1.78. The quantitative estimate of drug-likeness (QED) is 0.334. The average Bonchev–Trinajstić information content (AvgIpc) is 3.27. The largest absolute Gasteiger partial charge is 0.454 e. The highest BCUT2D eigenvalue weighted by molar-refractivity contribution is 6.24. The molecule has 0 saturated carbocycles. The number of hydrogen-bond donors (Lipinski definition) is 1. The second-order valence-electron chi connectivity index (χ2n) is 6.09. The van der Waals surface area contributed by atoms with Crippen molar-refractivity contribution < 1.29 is 14.7 Å². The summed E-state index contributed by atoms with van der Waals surface area (Å²) in [5, 5.41) is 13.0. The maximum absolute atomic E-state index is 9.47. The molecule has 5 nitrogen and oxygen atoms in total. The summed E-state index contributed by atoms with van der Waals surface area (Å²) >= 11 is 0. The lowest BCUT2D eigenvalue weighted by molar-refractivity contribution is 0.174. The van der Waals surface area contributed by atoms with Gasteiger partial charge in [0.2, 0.25) is 6.79 Å². The molecular formula is C21H14N2O3. The molecule has 26 heavy (non-hydrogen) atoms. The minimum Gasteiger partial charge on any atom is -0.454 e. The lowest BCUT2D eigenvalue weighted by Gasteiger charge is -2.02. The summed E-state index contributed by atoms with van der Waals surface area (Å²) in [6.45, 7) is 0.255. The van der Waals surface area contributed by atoms with Crippen LogP contribution in [0.25, 0.3) is 11.1 Å². The van der Waals surface area contributed by atoms with Gasteiger partial charge in [0.05, 0.1) is 5.69 Å². The van der Waals surface area contributed by atoms with Gasteiger partial charge < -0.3 is 14.7 Å². The fourth-order valence-corrected chi connectivity index (χ4v) is 3.36. The van der Waals surface area contributed by atoms with E-state index in [1.807, 2.05) is 60.7 Å². The van der Waals surface area contributed by atoms with Crippen LogP contribution in [0.15, 0.2) is 70.8 Å². The van der Waals surface area contributed by atoms with Crippen LogP contribution >= 0.6 is 0 Å². The summed E-state index contributed by atoms with van der Waals surface area (Å²) in [5.74, 6) is 1.48. The number of aliphatic imine (C=N–C) groups is 1. The van der Waals surface area contributed by atoms with Crippen LogP contribution in [0.2, 0.25) is 0 Å². The van der Waals surface area contributed by atoms with Gasteiger partial charge in [0.1, 0.15) is 5.71 Å². The van der Waals surface area contributed by atoms with Crippen LogP contribution in [0, 0.1) is 0 Å². The van der Waals surface area contributed by atoms with E-state index >= 15 is 0 Å². The van der Waals surface area contributed by atoms with Gasteiger partial charge in [0, 0.05) is 17.3 Å². The zero-order valence-electron chi connectivity index (χ0n) is 13.7. The second-order valence-corrected chi connectivity index (χ2v) is 6.09. The number of fused-ring (bicyclic) bond motifs is 4. The first-order valence-corrected chi connectivity index (χ1v) is 8.23. The van der Waals surface area contributed by atoms with Gasteiger partial charge in [0.15, 0.2) is 11.5 Å². The van der Waals surface area contributed by atoms with Gasteiger partial charge in [-0.15, -0.1) is 0 Å². The summed E-state index contributed by atoms with van der Waals surface area (Å²) in [7, 11) is 0. The molecule has 126 valence electrons. The maximum atomic E-state index is 9.47. The summed E-state index contributed by atoms with van der Waals surface area (Å²) in [6, 6.07) is 19.5. The summed E-state index contributed by atoms with van der Waals surface area (Å²) in [5.41, 5.74) is 6.23. The van der Waals surface area contributed by atoms with Crippen molar-refractivity contribution in [2.24, 2.45) is 10.1 Å². The molecule has 0 fully saturated rings. The Balaban J connectivity index is 1.50. The highest BCUT2D eigenvalue weighted by atomic mass is 16.7. The summed E-state index contributed by atoms with van der Waals surface area (Å²) < 4.78 is 10.7. The Labute approximate surface area is 149 Å². The van der Waals surface area contributed by atoms with Crippen molar-refractivity contribution in [1.82, 2.24) is 0 Å². The van der Waals surface area contributed by atoms with Crippen molar-refractivity contribution >= 4 is 17.6 Å². The molecule has 0 bridgehead atoms. The topological polar surface area (TPSA) is 63.4 Å². The van der Waals surface area contributed by atoms with E-state index < -0.39 is 0 Å². The second kappa shape index (κ2) is 5.74. The van der Waals surface area contributed by atoms with Crippen molar-refractivity contribution in [3.05, 3.63) is 77.4 Å². The molecule has 0 unspecified atom stereocenters. The molecule has 5 heteroatoms. The zero-order valence-corrected chi connectivity index (χ0v) is 13.7. The minimum absolute atomic E-state index is 0.255. The maximum Gasteiger partial charge on any atom is 0.231 e. The zero-order chi connectivity index (χ0) is 17.5. The number of rotatable bonds is 2. The third-order valence-electron chi connectivity index (χ3n) is 4.59. The monoisotopic (exact) mass is 342 g/mol. The molecule has 5 rings (SSSR count). The van der Waals surface area contributed by atoms with Gasteiger partial charge in [-0.25, -0.2) is 0 Å². The van der Waals surface area contributed by atoms with Crippen molar-refractivity contribution in [3.63, 3.8) is 0 Å². The van der Waals surface area contributed by atoms with Crippen LogP contribution in [0.1, 0.15) is 16.7 Å². The van der Waals surface area contributed by atoms with Crippen LogP contribution in [0.4, 0.5) is 5.69 Å². The molecule has 0 saturated heterocycles. The number of hydrogen-bond acceptors (Lipinski definition) is 5. The number of benzene rings is 3. The predicted molar refractivity (Wildman–Crippen MR) is 99.1 cm³/mol. The van der Waals surface area contributed by atoms with Crippen molar-refractivity contribution in [1.29, 1.82) is 0 Å². The molecule has 1 N–H and O–H groups in total. The number of nitrogens with zero attached hydrogens (tertiary/aromatic N) is 2. The number of ether oxygens (including phenoxy) is 2. The first-order valence-electron chi connectivity index (χ1n) is 8.23. The van der Waals surface area contributed by atoms with Crippen LogP contribution in [-0.2, 0) is 0 Å². The van der Waals surface area contributed by atoms with Gasteiger partial charge >= 0.3 is 0 Å². The molecule has 3 aromatic rings. The average molecular weight is 342 g/mol. The first kappa shape index (κ1) is 14.7. The van der Waals surface area contributed by atoms with E-state index in [0.717, 1.165) is 45.0 Å². The Hall–Kier alpha value is -3.60. The van der Waals surface area contributed by atoms with Gasteiger partial charge in [-0.2, -0.15) is 0 Å². The lowest BCUT2D eigenvalue weighted by Crippen LogP contribution is -1.97. The molecular weight excluding hydrogens is 328 g/mol. The highest BCUT2D eigenvalue weighted by Gasteiger charge is 2.25. The van der Waals surface area contributed by atoms with E-state index in [0.29, 0.717) is 5.71 Å². The van der Waals surface area contributed by atoms with Gasteiger partial charge in [-0.3, -0.25) is 4.99 Å². The van der Waals surface area contributed by atoms with E-state index in [1.54, 1.807) is 6.21 Å². The van der Waals surface area contributed by atoms with E-state index in [9.17, 15) is 5.21 Å². The molecule has 3 aromatic carbocycles. The molecule has 0 amide bonds. The SMILES string of the molecule is O/N=C1\c2ccccc2-c2ccc(N=Cc3ccc4c(c3)OCO4)cc21. The van der Waals surface area contributed by atoms with Crippen LogP contribution in [0.3, 0.4) is 0 Å². The van der Waals surface area contributed by atoms with Gasteiger partial charge in [-0.05, 0) is 47.0 Å². The third kappa shape index (κ3) is 2.25. The van der Waals surface area contributed by atoms with Gasteiger partial charge in [0.25, 0.3) is 0 Å². The Kier molecular flexibility index (Phi) is 3.25. The molecule has 1 aliphatic carbocycles. The van der Waals surface area contributed by atoms with Crippen LogP contribution < -0.4 is 9.47 Å². The van der Waals surface area contributed by atoms with Crippen LogP contribution in [-0.4, -0.2) is 23.9 Å². The van der Waals surface area contributed by atoms with E-state index in [2.05, 4.69) is 10.1 Å². The molecule has 0 radical (unpaired) electrons. The van der Waals surface area contributed by atoms with Crippen molar-refractivity contribution in [2.75, 3.05) is 6.79 Å². The highest BCUT2D eigenvalue weighted by Crippen LogP contribution is 2.38. The third-order valence-corrected chi connectivity index (χ3v) is 4.59. The molecule has 1 heterocycles. The standard InChI is InChI=1S/C21H14N2O3/c24-23-21-17-4-2-1-3-15(17)16-7-6-14(10-18(16)21)22-11-13-5-8-19-20(9-13)26-12-25-19/h1-11,24H,12H2/b22-11?,23-21+. The van der Waals surface area contributed by atoms with Gasteiger partial charge in [-0.1, -0.05) is 35.5 Å². The van der Waals surface area contributed by atoms with E-state index in [-0.39, 0.29) is 6.79 Å². The summed E-state index contributed by atoms with van der Waals surface area (Å²) in [4.78, 5) is 4.55. The Bertz CT molecular complexity index is 1090. The normalized spacial score (nSPS) is 15.5. The minimum atomic E-state index is 0.255. The Morgan fingerprint density at radius 1 is 0.808 bits per heavy atom. The van der Waals surface area contributed by atoms with E-state index in [4.69, 9.17) is 9.47 Å². The fourth-order valence-electron chi connectivity index (χ4n) is 3.36. The van der Waals surface area contributed by atoms with Crippen LogP contribution in [0.5, 0.6) is 11.5 Å². The Morgan fingerprint density at radius 3 is 2.50 bits per heavy atom. The molecule has 0 spiro atoms. The smallest absolute Gasteiger partial charge is 0.231 e. The Morgan fingerprint density at radius 2 is 1.62 bits per heavy atom. The first-order chi connectivity index (χ1) is 12.8. The fraction of sp³-hybridized carbons (Fsp3) is 0.0476. The molecule has 1 aliphatic heterocycles. The van der Waals surface area contributed by atoms with E-state index in [1.165, 1.54) is 0 Å². The predicted octanol–water partition coefficient (Wildman–Crippen LogP) is 4.37. The lowest BCUT2D eigenvalue weighted by atomic mass is 10.1. The molecule has 0 aromatic heterocycles. The van der Waals surface area contributed by atoms with Crippen molar-refractivity contribution in [3.8, 4) is 22.6 Å². The molecule has 2 aliphatic rings. The molecule has 0 atom stereocenters. The van der Waals surface area contributed by atoms with Crippen molar-refractivity contribution in [2.45, 2.75) is 0 Å². The number of oxime groups is 1.